The second kappa shape index (κ2) is 10.0. The molecule has 7 nitrogen and oxygen atoms in total. The molecule has 0 radical (unpaired) electrons. The zero-order valence-corrected chi connectivity index (χ0v) is 10.2. The average molecular weight is 274 g/mol. The molecule has 0 aliphatic heterocycles. The van der Waals surface area contributed by atoms with Crippen LogP contribution >= 0.6 is 24.8 Å². The first-order chi connectivity index (χ1) is 7.27. The predicted octanol–water partition coefficient (Wildman–Crippen LogP) is -3.46. The predicted molar refractivity (Wildman–Crippen MR) is 65.9 cm³/mol. The Morgan fingerprint density at radius 1 is 1.06 bits per heavy atom. The lowest BCUT2D eigenvalue weighted by Gasteiger charge is -2.24. The van der Waals surface area contributed by atoms with Crippen LogP contribution in [0.5, 0.6) is 0 Å². The van der Waals surface area contributed by atoms with Crippen molar-refractivity contribution >= 4 is 30.0 Å². The first-order valence-corrected chi connectivity index (χ1v) is 5.30. The molecule has 0 saturated heterocycles. The SMILES string of the molecule is NC(N)=S.OC[C@@H](O)[C@@H](O)[C@H](O)[C@@H](O)CS. The molecule has 0 heterocycles. The summed E-state index contributed by atoms with van der Waals surface area (Å²) < 4.78 is 0. The molecule has 4 atom stereocenters. The number of hydrogen-bond donors (Lipinski definition) is 8. The van der Waals surface area contributed by atoms with Crippen molar-refractivity contribution < 1.29 is 25.5 Å². The van der Waals surface area contributed by atoms with E-state index in [9.17, 15) is 0 Å². The highest BCUT2D eigenvalue weighted by atomic mass is 32.1. The molecule has 9 heteroatoms. The third-order valence-corrected chi connectivity index (χ3v) is 1.89. The van der Waals surface area contributed by atoms with Crippen LogP contribution in [0.25, 0.3) is 0 Å². The van der Waals surface area contributed by atoms with Crippen LogP contribution in [0, 0.1) is 0 Å². The number of thiocarbonyl (C=S) groups is 1. The lowest BCUT2D eigenvalue weighted by molar-refractivity contribution is -0.109. The van der Waals surface area contributed by atoms with Crippen LogP contribution in [-0.2, 0) is 0 Å². The molecule has 0 amide bonds. The second-order valence-corrected chi connectivity index (χ2v) is 3.72. The molecule has 16 heavy (non-hydrogen) atoms. The van der Waals surface area contributed by atoms with Crippen LogP contribution in [0.2, 0.25) is 0 Å². The Hall–Kier alpha value is -0.160. The van der Waals surface area contributed by atoms with Gasteiger partial charge >= 0.3 is 0 Å². The molecule has 0 aromatic carbocycles. The highest BCUT2D eigenvalue weighted by molar-refractivity contribution is 7.80. The summed E-state index contributed by atoms with van der Waals surface area (Å²) in [7, 11) is 0. The van der Waals surface area contributed by atoms with Gasteiger partial charge in [0.05, 0.1) is 12.7 Å². The van der Waals surface area contributed by atoms with Crippen LogP contribution in [0.15, 0.2) is 0 Å². The minimum Gasteiger partial charge on any atom is -0.394 e. The van der Waals surface area contributed by atoms with Gasteiger partial charge in [0.1, 0.15) is 18.3 Å². The van der Waals surface area contributed by atoms with E-state index in [-0.39, 0.29) is 10.9 Å². The largest absolute Gasteiger partial charge is 0.394 e. The van der Waals surface area contributed by atoms with E-state index in [2.05, 4.69) is 36.3 Å². The zero-order valence-electron chi connectivity index (χ0n) is 8.47. The number of rotatable bonds is 5. The molecular weight excluding hydrogens is 256 g/mol. The Morgan fingerprint density at radius 3 is 1.62 bits per heavy atom. The van der Waals surface area contributed by atoms with Gasteiger partial charge < -0.3 is 37.0 Å². The van der Waals surface area contributed by atoms with Gasteiger partial charge in [-0.1, -0.05) is 0 Å². The fraction of sp³-hybridized carbons (Fsp3) is 0.857. The summed E-state index contributed by atoms with van der Waals surface area (Å²) in [5.41, 5.74) is 9.24. The van der Waals surface area contributed by atoms with E-state index >= 15 is 0 Å². The zero-order chi connectivity index (χ0) is 13.3. The standard InChI is InChI=1S/C6H14O5S.CH4N2S/c7-1-3(8)5(10)6(11)4(9)2-12;2-1(3)4/h3-12H,1-2H2;(H4,2,3,4)/t3-,4+,5-,6-;/m1./s1. The maximum absolute atomic E-state index is 9.07. The summed E-state index contributed by atoms with van der Waals surface area (Å²) in [6, 6.07) is 0. The van der Waals surface area contributed by atoms with Crippen LogP contribution in [0.3, 0.4) is 0 Å². The second-order valence-electron chi connectivity index (χ2n) is 2.88. The van der Waals surface area contributed by atoms with E-state index < -0.39 is 31.0 Å². The number of thiol groups is 1. The lowest BCUT2D eigenvalue weighted by Crippen LogP contribution is -2.46. The minimum atomic E-state index is -1.56. The third kappa shape index (κ3) is 9.09. The van der Waals surface area contributed by atoms with Crippen molar-refractivity contribution in [2.75, 3.05) is 12.4 Å². The highest BCUT2D eigenvalue weighted by Gasteiger charge is 2.28. The van der Waals surface area contributed by atoms with Crippen LogP contribution in [0.4, 0.5) is 0 Å². The molecule has 0 aromatic heterocycles. The average Bonchev–Trinajstić information content (AvgIpc) is 2.24. The Morgan fingerprint density at radius 2 is 1.38 bits per heavy atom. The maximum Gasteiger partial charge on any atom is 0.160 e. The Bertz CT molecular complexity index is 180. The van der Waals surface area contributed by atoms with Gasteiger partial charge in [0.2, 0.25) is 0 Å². The molecule has 98 valence electrons. The normalized spacial score (nSPS) is 17.6. The molecule has 0 rings (SSSR count). The fourth-order valence-electron chi connectivity index (χ4n) is 0.671. The van der Waals surface area contributed by atoms with Crippen LogP contribution < -0.4 is 11.5 Å². The molecule has 0 aliphatic carbocycles. The van der Waals surface area contributed by atoms with Crippen molar-refractivity contribution in [2.45, 2.75) is 24.4 Å². The minimum absolute atomic E-state index is 0.000000000000000222. The van der Waals surface area contributed by atoms with Gasteiger partial charge in [-0.15, -0.1) is 0 Å². The molecule has 0 saturated carbocycles. The molecule has 9 N–H and O–H groups in total. The topological polar surface area (TPSA) is 153 Å². The van der Waals surface area contributed by atoms with E-state index in [1.54, 1.807) is 0 Å². The van der Waals surface area contributed by atoms with Gasteiger partial charge in [-0.25, -0.2) is 0 Å². The molecule has 0 spiro atoms. The summed E-state index contributed by atoms with van der Waals surface area (Å²) in [6.45, 7) is -0.669. The van der Waals surface area contributed by atoms with Crippen molar-refractivity contribution in [2.24, 2.45) is 11.5 Å². The Balaban J connectivity index is 0. The van der Waals surface area contributed by atoms with Gasteiger partial charge in [0, 0.05) is 5.75 Å². The summed E-state index contributed by atoms with van der Waals surface area (Å²) in [4.78, 5) is 0. The molecule has 0 aliphatic rings. The molecule has 0 fully saturated rings. The van der Waals surface area contributed by atoms with Crippen molar-refractivity contribution in [1.82, 2.24) is 0 Å². The van der Waals surface area contributed by atoms with Crippen molar-refractivity contribution in [1.29, 1.82) is 0 Å². The van der Waals surface area contributed by atoms with Gasteiger partial charge in [-0.3, -0.25) is 0 Å². The number of nitrogens with two attached hydrogens (primary N) is 2. The molecule has 0 bridgehead atoms. The van der Waals surface area contributed by atoms with Crippen molar-refractivity contribution in [3.63, 3.8) is 0 Å². The maximum atomic E-state index is 9.07. The lowest BCUT2D eigenvalue weighted by atomic mass is 10.0. The fourth-order valence-corrected chi connectivity index (χ4v) is 0.887. The van der Waals surface area contributed by atoms with Gasteiger partial charge in [-0.05, 0) is 12.2 Å². The first kappa shape index (κ1) is 18.2. The molecular formula is C7H18N2O5S2. The number of hydrogen-bond acceptors (Lipinski definition) is 7. The molecule has 0 unspecified atom stereocenters. The van der Waals surface area contributed by atoms with E-state index in [0.29, 0.717) is 0 Å². The quantitative estimate of drug-likeness (QED) is 0.190. The third-order valence-electron chi connectivity index (χ3n) is 1.51. The van der Waals surface area contributed by atoms with Crippen LogP contribution in [-0.4, -0.2) is 67.4 Å². The first-order valence-electron chi connectivity index (χ1n) is 4.26. The van der Waals surface area contributed by atoms with E-state index in [0.717, 1.165) is 0 Å². The Kier molecular flexibility index (Phi) is 11.4. The van der Waals surface area contributed by atoms with Gasteiger partial charge in [-0.2, -0.15) is 12.6 Å². The smallest absolute Gasteiger partial charge is 0.160 e. The van der Waals surface area contributed by atoms with E-state index in [1.165, 1.54) is 0 Å². The van der Waals surface area contributed by atoms with Crippen LogP contribution in [0.1, 0.15) is 0 Å². The van der Waals surface area contributed by atoms with Gasteiger partial charge in [0.15, 0.2) is 5.11 Å². The number of aliphatic hydroxyl groups is 5. The van der Waals surface area contributed by atoms with Gasteiger partial charge in [0.25, 0.3) is 0 Å². The number of aliphatic hydroxyl groups excluding tert-OH is 5. The monoisotopic (exact) mass is 274 g/mol. The molecule has 0 aromatic rings. The van der Waals surface area contributed by atoms with E-state index in [4.69, 9.17) is 25.5 Å². The highest BCUT2D eigenvalue weighted by Crippen LogP contribution is 2.05. The van der Waals surface area contributed by atoms with E-state index in [1.807, 2.05) is 0 Å². The van der Waals surface area contributed by atoms with Crippen molar-refractivity contribution in [3.05, 3.63) is 0 Å². The summed E-state index contributed by atoms with van der Waals surface area (Å²) in [6.07, 6.45) is -5.72. The summed E-state index contributed by atoms with van der Waals surface area (Å²) in [5.74, 6) is -0.0314. The van der Waals surface area contributed by atoms with Crippen molar-refractivity contribution in [3.8, 4) is 0 Å². The summed E-state index contributed by atoms with van der Waals surface area (Å²) in [5, 5.41) is 44.3. The summed E-state index contributed by atoms with van der Waals surface area (Å²) >= 11 is 7.77. The Labute approximate surface area is 104 Å².